The molecular formula is C14H14BrClLiMgP. The minimum Gasteiger partial charge on any atom is -1.00 e. The molecule has 0 saturated carbocycles. The Labute approximate surface area is 162 Å². The zero-order chi connectivity index (χ0) is 10.7. The minimum absolute atomic E-state index is 0. The first kappa shape index (κ1) is 25.0. The van der Waals surface area contributed by atoms with Crippen LogP contribution in [0.1, 0.15) is 11.1 Å². The van der Waals surface area contributed by atoms with Gasteiger partial charge in [-0.1, -0.05) is 59.7 Å². The van der Waals surface area contributed by atoms with Gasteiger partial charge in [0.15, 0.2) is 0 Å². The number of benzene rings is 2. The maximum Gasteiger partial charge on any atom is 2.00 e. The quantitative estimate of drug-likeness (QED) is 0.370. The van der Waals surface area contributed by atoms with Gasteiger partial charge in [-0.15, -0.1) is 0 Å². The van der Waals surface area contributed by atoms with Gasteiger partial charge in [-0.05, 0) is 13.8 Å². The Bertz CT molecular complexity index is 439. The van der Waals surface area contributed by atoms with E-state index in [0.29, 0.717) is 0 Å². The molecule has 0 N–H and O–H groups in total. The third-order valence-corrected chi connectivity index (χ3v) is 3.33. The Morgan fingerprint density at radius 3 is 1.47 bits per heavy atom. The average Bonchev–Trinajstić information content (AvgIpc) is 2.17. The molecule has 0 aliphatic carbocycles. The van der Waals surface area contributed by atoms with Crippen LogP contribution in [0.5, 0.6) is 0 Å². The van der Waals surface area contributed by atoms with Gasteiger partial charge in [0.25, 0.3) is 0 Å². The van der Waals surface area contributed by atoms with Crippen molar-refractivity contribution < 1.29 is 48.2 Å². The first-order valence-corrected chi connectivity index (χ1v) is 5.98. The molecule has 0 aliphatic rings. The van der Waals surface area contributed by atoms with Crippen LogP contribution < -0.4 is 58.9 Å². The standard InChI is InChI=1S/C14H14P.BrH.ClH.Li.Mg/c1-11-5-3-7-13(9-11)15-14-8-4-6-12(2)10-14;;;;/h3-10H,1-2H3;2*1H;;/q-1;;;+1;+2/p-2. The third kappa shape index (κ3) is 8.79. The van der Waals surface area contributed by atoms with Crippen LogP contribution in [0.25, 0.3) is 0 Å². The van der Waals surface area contributed by atoms with Crippen molar-refractivity contribution in [1.82, 2.24) is 0 Å². The fraction of sp³-hybridized carbons (Fsp3) is 0.143. The van der Waals surface area contributed by atoms with Gasteiger partial charge in [-0.2, -0.15) is 10.6 Å². The Morgan fingerprint density at radius 2 is 1.16 bits per heavy atom. The summed E-state index contributed by atoms with van der Waals surface area (Å²) in [7, 11) is 1.29. The molecule has 2 aromatic carbocycles. The van der Waals surface area contributed by atoms with Crippen LogP contribution in [0.15, 0.2) is 48.5 Å². The molecule has 0 bridgehead atoms. The number of hydrogen-bond acceptors (Lipinski definition) is 0. The second kappa shape index (κ2) is 12.7. The van der Waals surface area contributed by atoms with E-state index in [-0.39, 0.29) is 71.3 Å². The Hall–Kier alpha value is 1.00. The van der Waals surface area contributed by atoms with Gasteiger partial charge in [0.1, 0.15) is 0 Å². The van der Waals surface area contributed by atoms with Crippen molar-refractivity contribution in [1.29, 1.82) is 0 Å². The Kier molecular flexibility index (Phi) is 16.7. The summed E-state index contributed by atoms with van der Waals surface area (Å²) in [6, 6.07) is 17.3. The third-order valence-electron chi connectivity index (χ3n) is 2.26. The van der Waals surface area contributed by atoms with Crippen molar-refractivity contribution in [3.05, 3.63) is 59.7 Å². The first-order chi connectivity index (χ1) is 7.24. The SMILES string of the molecule is Cc1cccc([P-]c2cccc(C)c2)c1.[Br-].[Cl-].[Li+].[Mg+2]. The molecule has 0 nitrogen and oxygen atoms in total. The summed E-state index contributed by atoms with van der Waals surface area (Å²) in [5, 5.41) is 2.72. The molecule has 0 saturated heterocycles. The second-order valence-electron chi connectivity index (χ2n) is 3.79. The van der Waals surface area contributed by atoms with Crippen LogP contribution in [0, 0.1) is 13.8 Å². The first-order valence-electron chi connectivity index (χ1n) is 5.09. The maximum atomic E-state index is 2.24. The monoisotopic (exact) mass is 358 g/mol. The Balaban J connectivity index is -0.000000640. The van der Waals surface area contributed by atoms with Gasteiger partial charge in [-0.25, -0.2) is 0 Å². The normalized spacial score (nSPS) is 8.11. The molecule has 2 aromatic rings. The Morgan fingerprint density at radius 1 is 0.789 bits per heavy atom. The van der Waals surface area contributed by atoms with Gasteiger partial charge < -0.3 is 38.0 Å². The summed E-state index contributed by atoms with van der Waals surface area (Å²) in [5.74, 6) is 0. The smallest absolute Gasteiger partial charge is 1.00 e. The molecule has 92 valence electrons. The molecule has 0 aromatic heterocycles. The van der Waals surface area contributed by atoms with E-state index in [1.54, 1.807) is 0 Å². The van der Waals surface area contributed by atoms with E-state index in [9.17, 15) is 0 Å². The zero-order valence-electron chi connectivity index (χ0n) is 11.5. The van der Waals surface area contributed by atoms with Crippen molar-refractivity contribution in [3.8, 4) is 0 Å². The molecule has 0 amide bonds. The van der Waals surface area contributed by atoms with E-state index in [1.807, 2.05) is 0 Å². The van der Waals surface area contributed by atoms with Crippen molar-refractivity contribution in [3.63, 3.8) is 0 Å². The second-order valence-corrected chi connectivity index (χ2v) is 5.05. The number of aryl methyl sites for hydroxylation is 2. The van der Waals surface area contributed by atoms with Crippen molar-refractivity contribution in [2.45, 2.75) is 13.8 Å². The fourth-order valence-corrected chi connectivity index (χ4v) is 2.70. The molecular weight excluding hydrogens is 346 g/mol. The van der Waals surface area contributed by atoms with E-state index >= 15 is 0 Å². The van der Waals surface area contributed by atoms with E-state index in [1.165, 1.54) is 30.3 Å². The van der Waals surface area contributed by atoms with E-state index in [2.05, 4.69) is 62.4 Å². The maximum absolute atomic E-state index is 2.24. The summed E-state index contributed by atoms with van der Waals surface area (Å²) in [6.07, 6.45) is 0. The number of halogens is 2. The van der Waals surface area contributed by atoms with Gasteiger partial charge >= 0.3 is 41.9 Å². The predicted octanol–water partition coefficient (Wildman–Crippen LogP) is -6.17. The summed E-state index contributed by atoms with van der Waals surface area (Å²) < 4.78 is 0. The summed E-state index contributed by atoms with van der Waals surface area (Å²) >= 11 is 0. The molecule has 5 heteroatoms. The molecule has 2 rings (SSSR count). The van der Waals surface area contributed by atoms with Crippen LogP contribution in [0.3, 0.4) is 0 Å². The van der Waals surface area contributed by atoms with E-state index in [4.69, 9.17) is 0 Å². The fourth-order valence-electron chi connectivity index (χ4n) is 1.54. The van der Waals surface area contributed by atoms with Gasteiger partial charge in [0, 0.05) is 0 Å². The number of rotatable bonds is 2. The number of hydrogen-bond donors (Lipinski definition) is 0. The van der Waals surface area contributed by atoms with Crippen molar-refractivity contribution >= 4 is 42.2 Å². The van der Waals surface area contributed by atoms with Crippen LogP contribution in [-0.4, -0.2) is 23.1 Å². The van der Waals surface area contributed by atoms with Crippen LogP contribution in [0.4, 0.5) is 0 Å². The molecule has 0 fully saturated rings. The van der Waals surface area contributed by atoms with E-state index in [0.717, 1.165) is 0 Å². The van der Waals surface area contributed by atoms with Crippen LogP contribution in [-0.2, 0) is 0 Å². The van der Waals surface area contributed by atoms with E-state index < -0.39 is 0 Å². The summed E-state index contributed by atoms with van der Waals surface area (Å²) in [5.41, 5.74) is 2.65. The van der Waals surface area contributed by atoms with Gasteiger partial charge in [0.05, 0.1) is 0 Å². The molecule has 0 heterocycles. The largest absolute Gasteiger partial charge is 2.00 e. The van der Waals surface area contributed by atoms with Crippen molar-refractivity contribution in [2.75, 3.05) is 0 Å². The topological polar surface area (TPSA) is 0 Å². The molecule has 0 radical (unpaired) electrons. The molecule has 0 atom stereocenters. The zero-order valence-corrected chi connectivity index (χ0v) is 16.2. The van der Waals surface area contributed by atoms with Crippen LogP contribution in [0.2, 0.25) is 0 Å². The average molecular weight is 360 g/mol. The van der Waals surface area contributed by atoms with Crippen molar-refractivity contribution in [2.24, 2.45) is 0 Å². The predicted molar refractivity (Wildman–Crippen MR) is 74.3 cm³/mol. The molecule has 19 heavy (non-hydrogen) atoms. The van der Waals surface area contributed by atoms with Crippen LogP contribution >= 0.6 is 8.58 Å². The minimum atomic E-state index is 0. The summed E-state index contributed by atoms with van der Waals surface area (Å²) in [4.78, 5) is 0. The molecule has 0 aliphatic heterocycles. The van der Waals surface area contributed by atoms with Gasteiger partial charge in [0.2, 0.25) is 0 Å². The molecule has 0 unspecified atom stereocenters. The molecule has 0 spiro atoms. The summed E-state index contributed by atoms with van der Waals surface area (Å²) in [6.45, 7) is 4.27. The van der Waals surface area contributed by atoms with Gasteiger partial charge in [-0.3, -0.25) is 0 Å².